The summed E-state index contributed by atoms with van der Waals surface area (Å²) < 4.78 is 16.2. The van der Waals surface area contributed by atoms with Gasteiger partial charge in [-0.25, -0.2) is 4.57 Å². The molecule has 0 heterocycles. The van der Waals surface area contributed by atoms with Gasteiger partial charge in [-0.2, -0.15) is 0 Å². The third-order valence-corrected chi connectivity index (χ3v) is 4.54. The van der Waals surface area contributed by atoms with Crippen molar-refractivity contribution < 1.29 is 14.0 Å². The smallest absolute Gasteiger partial charge is 0.316 e. The Kier molecular flexibility index (Phi) is 5.12. The van der Waals surface area contributed by atoms with Crippen LogP contribution in [0.3, 0.4) is 0 Å². The molecule has 0 aromatic heterocycles. The molecule has 82 valence electrons. The van der Waals surface area contributed by atoms with Crippen LogP contribution in [-0.4, -0.2) is 11.5 Å². The van der Waals surface area contributed by atoms with Gasteiger partial charge < -0.3 is 4.89 Å². The Morgan fingerprint density at radius 1 is 1.47 bits per heavy atom. The largest absolute Gasteiger partial charge is 0.387 e. The fourth-order valence-electron chi connectivity index (χ4n) is 0.915. The molecule has 1 unspecified atom stereocenters. The molecule has 15 heavy (non-hydrogen) atoms. The van der Waals surface area contributed by atoms with Crippen molar-refractivity contribution in [3.63, 3.8) is 0 Å². The lowest BCUT2D eigenvalue weighted by molar-refractivity contribution is 0.306. The number of hydrogen-bond acceptors (Lipinski definition) is 3. The molecule has 0 amide bonds. The van der Waals surface area contributed by atoms with Crippen molar-refractivity contribution in [2.45, 2.75) is 5.75 Å². The van der Waals surface area contributed by atoms with Gasteiger partial charge in [-0.3, -0.25) is 4.52 Å². The molecule has 0 aliphatic rings. The second-order valence-electron chi connectivity index (χ2n) is 2.81. The van der Waals surface area contributed by atoms with Gasteiger partial charge in [0.05, 0.1) is 6.61 Å². The number of rotatable bonds is 6. The molecule has 0 fully saturated rings. The van der Waals surface area contributed by atoms with Crippen LogP contribution in [0, 0.1) is 0 Å². The predicted octanol–water partition coefficient (Wildman–Crippen LogP) is 3.22. The second-order valence-corrected chi connectivity index (χ2v) is 6.71. The molecule has 1 aromatic carbocycles. The van der Waals surface area contributed by atoms with Crippen LogP contribution in [0.4, 0.5) is 0 Å². The summed E-state index contributed by atoms with van der Waals surface area (Å²) >= 11 is 0.913. The topological polar surface area (TPSA) is 46.5 Å². The molecular formula is C10H13O3PS. The molecular weight excluding hydrogens is 231 g/mol. The zero-order valence-corrected chi connectivity index (χ0v) is 9.92. The Morgan fingerprint density at radius 3 is 2.73 bits per heavy atom. The molecule has 1 rings (SSSR count). The van der Waals surface area contributed by atoms with Gasteiger partial charge in [0.25, 0.3) is 0 Å². The predicted molar refractivity (Wildman–Crippen MR) is 63.7 cm³/mol. The molecule has 1 N–H and O–H groups in total. The molecule has 0 radical (unpaired) electrons. The van der Waals surface area contributed by atoms with Crippen LogP contribution >= 0.6 is 18.2 Å². The summed E-state index contributed by atoms with van der Waals surface area (Å²) in [5.74, 6) is 0.464. The van der Waals surface area contributed by atoms with Crippen LogP contribution in [0.25, 0.3) is 0 Å². The SMILES string of the molecule is C=CCOP(=O)(O)SCc1ccccc1. The Balaban J connectivity index is 2.42. The highest BCUT2D eigenvalue weighted by molar-refractivity contribution is 8.54. The van der Waals surface area contributed by atoms with Crippen LogP contribution in [0.15, 0.2) is 43.0 Å². The number of benzene rings is 1. The summed E-state index contributed by atoms with van der Waals surface area (Å²) in [6.07, 6.45) is 1.45. The van der Waals surface area contributed by atoms with Gasteiger partial charge in [0.2, 0.25) is 0 Å². The van der Waals surface area contributed by atoms with E-state index in [4.69, 9.17) is 4.52 Å². The van der Waals surface area contributed by atoms with Crippen LogP contribution in [0.1, 0.15) is 5.56 Å². The lowest BCUT2D eigenvalue weighted by atomic mass is 10.2. The quantitative estimate of drug-likeness (QED) is 0.616. The van der Waals surface area contributed by atoms with Crippen molar-refractivity contribution in [3.8, 4) is 0 Å². The first-order valence-corrected chi connectivity index (χ1v) is 7.57. The molecule has 0 spiro atoms. The standard InChI is InChI=1S/C10H13O3PS/c1-2-8-13-14(11,12)15-9-10-6-4-3-5-7-10/h2-7H,1,8-9H2,(H,11,12). The van der Waals surface area contributed by atoms with Crippen molar-refractivity contribution in [1.82, 2.24) is 0 Å². The van der Waals surface area contributed by atoms with Crippen LogP contribution < -0.4 is 0 Å². The minimum absolute atomic E-state index is 0.0928. The lowest BCUT2D eigenvalue weighted by Gasteiger charge is -2.09. The zero-order chi connectivity index (χ0) is 11.1. The van der Waals surface area contributed by atoms with E-state index >= 15 is 0 Å². The van der Waals surface area contributed by atoms with Crippen LogP contribution in [-0.2, 0) is 14.8 Å². The van der Waals surface area contributed by atoms with Crippen molar-refractivity contribution in [2.75, 3.05) is 6.61 Å². The van der Waals surface area contributed by atoms with E-state index in [1.807, 2.05) is 30.3 Å². The van der Waals surface area contributed by atoms with E-state index in [1.54, 1.807) is 0 Å². The highest BCUT2D eigenvalue weighted by Gasteiger charge is 2.19. The van der Waals surface area contributed by atoms with Gasteiger partial charge in [-0.05, 0) is 16.9 Å². The van der Waals surface area contributed by atoms with Crippen molar-refractivity contribution >= 4 is 18.2 Å². The Labute approximate surface area is 93.4 Å². The first kappa shape index (κ1) is 12.5. The monoisotopic (exact) mass is 244 g/mol. The highest BCUT2D eigenvalue weighted by atomic mass is 32.7. The summed E-state index contributed by atoms with van der Waals surface area (Å²) in [7, 11) is 0. The van der Waals surface area contributed by atoms with Gasteiger partial charge in [-0.1, -0.05) is 36.4 Å². The molecule has 5 heteroatoms. The summed E-state index contributed by atoms with van der Waals surface area (Å²) in [5.41, 5.74) is 0.999. The molecule has 0 aliphatic heterocycles. The first-order chi connectivity index (χ1) is 7.14. The van der Waals surface area contributed by atoms with Gasteiger partial charge in [0.1, 0.15) is 0 Å². The zero-order valence-electron chi connectivity index (χ0n) is 8.20. The molecule has 1 aromatic rings. The highest BCUT2D eigenvalue weighted by Crippen LogP contribution is 2.56. The average molecular weight is 244 g/mol. The third-order valence-electron chi connectivity index (χ3n) is 1.59. The molecule has 1 atom stereocenters. The van der Waals surface area contributed by atoms with Gasteiger partial charge in [0, 0.05) is 5.75 Å². The van der Waals surface area contributed by atoms with Gasteiger partial charge >= 0.3 is 6.80 Å². The lowest BCUT2D eigenvalue weighted by Crippen LogP contribution is -1.87. The summed E-state index contributed by atoms with van der Waals surface area (Å²) in [6.45, 7) is -0.0207. The summed E-state index contributed by atoms with van der Waals surface area (Å²) in [6, 6.07) is 9.49. The van der Waals surface area contributed by atoms with E-state index in [-0.39, 0.29) is 6.61 Å². The maximum absolute atomic E-state index is 11.4. The second kappa shape index (κ2) is 6.13. The van der Waals surface area contributed by atoms with E-state index in [9.17, 15) is 9.46 Å². The Bertz CT molecular complexity index is 353. The van der Waals surface area contributed by atoms with E-state index < -0.39 is 6.80 Å². The number of hydrogen-bond donors (Lipinski definition) is 1. The summed E-state index contributed by atoms with van der Waals surface area (Å²) in [5, 5.41) is 0. The fraction of sp³-hybridized carbons (Fsp3) is 0.200. The normalized spacial score (nSPS) is 14.5. The molecule has 0 saturated heterocycles. The summed E-state index contributed by atoms with van der Waals surface area (Å²) in [4.78, 5) is 9.36. The fourth-order valence-corrected chi connectivity index (χ4v) is 3.13. The maximum Gasteiger partial charge on any atom is 0.387 e. The minimum atomic E-state index is -3.53. The van der Waals surface area contributed by atoms with Crippen LogP contribution in [0.5, 0.6) is 0 Å². The van der Waals surface area contributed by atoms with Gasteiger partial charge in [-0.15, -0.1) is 6.58 Å². The Hall–Kier alpha value is -0.540. The van der Waals surface area contributed by atoms with E-state index in [0.29, 0.717) is 5.75 Å². The van der Waals surface area contributed by atoms with Crippen molar-refractivity contribution in [2.24, 2.45) is 0 Å². The molecule has 0 saturated carbocycles. The molecule has 3 nitrogen and oxygen atoms in total. The Morgan fingerprint density at radius 2 is 2.13 bits per heavy atom. The average Bonchev–Trinajstić information content (AvgIpc) is 2.25. The van der Waals surface area contributed by atoms with E-state index in [2.05, 4.69) is 6.58 Å². The van der Waals surface area contributed by atoms with Gasteiger partial charge in [0.15, 0.2) is 0 Å². The minimum Gasteiger partial charge on any atom is -0.316 e. The maximum atomic E-state index is 11.4. The first-order valence-electron chi connectivity index (χ1n) is 4.41. The molecule has 0 bridgehead atoms. The van der Waals surface area contributed by atoms with Crippen molar-refractivity contribution in [1.29, 1.82) is 0 Å². The third kappa shape index (κ3) is 5.19. The van der Waals surface area contributed by atoms with Crippen LogP contribution in [0.2, 0.25) is 0 Å². The molecule has 0 aliphatic carbocycles. The van der Waals surface area contributed by atoms with E-state index in [0.717, 1.165) is 16.9 Å². The van der Waals surface area contributed by atoms with Crippen molar-refractivity contribution in [3.05, 3.63) is 48.6 Å². The van der Waals surface area contributed by atoms with E-state index in [1.165, 1.54) is 6.08 Å².